The van der Waals surface area contributed by atoms with E-state index >= 15 is 0 Å². The maximum absolute atomic E-state index is 12.4. The Balaban J connectivity index is 2.81. The number of quaternary nitrogens is 1. The molecule has 4 nitrogen and oxygen atoms in total. The standard InChI is InChI=1S/C22H35N3O/c1-15(2)20(17-9-11-18(12-10-17)21(5,6)7)24-13-19(26)25-22(8,14-23)16(3)4/h9-12,15-16,20,24H,13H2,1-8H3,(H,25,26)/p+1/t20-,22+/m1/s1. The molecule has 3 N–H and O–H groups in total. The summed E-state index contributed by atoms with van der Waals surface area (Å²) >= 11 is 0. The van der Waals surface area contributed by atoms with Crippen LogP contribution in [0.3, 0.4) is 0 Å². The zero-order valence-electron chi connectivity index (χ0n) is 17.7. The zero-order chi connectivity index (χ0) is 20.1. The van der Waals surface area contributed by atoms with Crippen LogP contribution in [-0.2, 0) is 10.2 Å². The highest BCUT2D eigenvalue weighted by Gasteiger charge is 2.31. The number of hydrogen-bond donors (Lipinski definition) is 2. The summed E-state index contributed by atoms with van der Waals surface area (Å²) in [4.78, 5) is 12.4. The van der Waals surface area contributed by atoms with E-state index in [9.17, 15) is 10.1 Å². The predicted octanol–water partition coefficient (Wildman–Crippen LogP) is 3.30. The van der Waals surface area contributed by atoms with Gasteiger partial charge in [0, 0.05) is 11.5 Å². The lowest BCUT2D eigenvalue weighted by molar-refractivity contribution is -0.692. The first-order valence-corrected chi connectivity index (χ1v) is 9.56. The highest BCUT2D eigenvalue weighted by Crippen LogP contribution is 2.25. The lowest BCUT2D eigenvalue weighted by Gasteiger charge is -2.27. The van der Waals surface area contributed by atoms with E-state index in [1.807, 2.05) is 13.8 Å². The normalized spacial score (nSPS) is 15.4. The first-order valence-electron chi connectivity index (χ1n) is 9.56. The fraction of sp³-hybridized carbons (Fsp3) is 0.636. The summed E-state index contributed by atoms with van der Waals surface area (Å²) in [5.41, 5.74) is 1.84. The molecule has 1 aromatic rings. The van der Waals surface area contributed by atoms with Crippen LogP contribution >= 0.6 is 0 Å². The molecular weight excluding hydrogens is 322 g/mol. The van der Waals surface area contributed by atoms with Gasteiger partial charge >= 0.3 is 0 Å². The number of nitrogens with one attached hydrogen (secondary N) is 1. The van der Waals surface area contributed by atoms with Crippen molar-refractivity contribution >= 4 is 5.91 Å². The van der Waals surface area contributed by atoms with E-state index in [4.69, 9.17) is 0 Å². The number of carbonyl (C=O) groups excluding carboxylic acids is 1. The van der Waals surface area contributed by atoms with Gasteiger partial charge in [-0.05, 0) is 23.8 Å². The number of amides is 1. The molecule has 0 unspecified atom stereocenters. The molecule has 4 heteroatoms. The van der Waals surface area contributed by atoms with Crippen LogP contribution in [0, 0.1) is 23.2 Å². The maximum Gasteiger partial charge on any atom is 0.276 e. The number of nitrogens with two attached hydrogens (primary N) is 1. The Kier molecular flexibility index (Phi) is 7.41. The highest BCUT2D eigenvalue weighted by atomic mass is 16.2. The molecule has 26 heavy (non-hydrogen) atoms. The van der Waals surface area contributed by atoms with E-state index in [2.05, 4.69) is 75.6 Å². The van der Waals surface area contributed by atoms with Gasteiger partial charge in [-0.1, -0.05) is 72.7 Å². The Morgan fingerprint density at radius 2 is 1.65 bits per heavy atom. The molecule has 0 aliphatic carbocycles. The van der Waals surface area contributed by atoms with Crippen LogP contribution in [0.4, 0.5) is 0 Å². The largest absolute Gasteiger partial charge is 0.333 e. The van der Waals surface area contributed by atoms with Gasteiger partial charge in [0.2, 0.25) is 0 Å². The fourth-order valence-corrected chi connectivity index (χ4v) is 2.87. The molecule has 2 atom stereocenters. The molecule has 0 heterocycles. The third-order valence-corrected chi connectivity index (χ3v) is 5.22. The van der Waals surface area contributed by atoms with E-state index in [1.54, 1.807) is 6.92 Å². The third kappa shape index (κ3) is 5.85. The lowest BCUT2D eigenvalue weighted by atomic mass is 9.85. The summed E-state index contributed by atoms with van der Waals surface area (Å²) in [6.45, 7) is 16.9. The molecule has 0 saturated heterocycles. The number of carbonyl (C=O) groups is 1. The second-order valence-electron chi connectivity index (χ2n) is 9.10. The van der Waals surface area contributed by atoms with Crippen molar-refractivity contribution in [1.82, 2.24) is 5.32 Å². The molecule has 0 spiro atoms. The van der Waals surface area contributed by atoms with E-state index in [0.717, 1.165) is 0 Å². The van der Waals surface area contributed by atoms with Crippen LogP contribution in [0.2, 0.25) is 0 Å². The van der Waals surface area contributed by atoms with Gasteiger partial charge in [-0.25, -0.2) is 0 Å². The Labute approximate surface area is 159 Å². The van der Waals surface area contributed by atoms with Crippen molar-refractivity contribution in [1.29, 1.82) is 5.26 Å². The summed E-state index contributed by atoms with van der Waals surface area (Å²) in [7, 11) is 0. The molecular formula is C22H36N3O+. The van der Waals surface area contributed by atoms with Gasteiger partial charge in [0.15, 0.2) is 6.54 Å². The molecule has 0 bridgehead atoms. The number of rotatable bonds is 7. The van der Waals surface area contributed by atoms with Crippen molar-refractivity contribution in [2.75, 3.05) is 6.54 Å². The van der Waals surface area contributed by atoms with Crippen molar-refractivity contribution in [3.05, 3.63) is 35.4 Å². The number of hydrogen-bond acceptors (Lipinski definition) is 2. The molecule has 0 fully saturated rings. The molecule has 144 valence electrons. The van der Waals surface area contributed by atoms with Gasteiger partial charge in [-0.15, -0.1) is 0 Å². The fourth-order valence-electron chi connectivity index (χ4n) is 2.87. The van der Waals surface area contributed by atoms with Gasteiger partial charge in [0.05, 0.1) is 6.07 Å². The number of nitriles is 1. The van der Waals surface area contributed by atoms with Crippen LogP contribution in [0.5, 0.6) is 0 Å². The highest BCUT2D eigenvalue weighted by molar-refractivity contribution is 5.78. The summed E-state index contributed by atoms with van der Waals surface area (Å²) in [5, 5.41) is 14.3. The molecule has 1 amide bonds. The summed E-state index contributed by atoms with van der Waals surface area (Å²) in [6.07, 6.45) is 0. The molecule has 1 rings (SSSR count). The number of benzene rings is 1. The van der Waals surface area contributed by atoms with Gasteiger partial charge in [0.25, 0.3) is 5.91 Å². The van der Waals surface area contributed by atoms with Crippen LogP contribution in [-0.4, -0.2) is 18.0 Å². The summed E-state index contributed by atoms with van der Waals surface area (Å²) < 4.78 is 0. The van der Waals surface area contributed by atoms with Gasteiger partial charge in [-0.3, -0.25) is 4.79 Å². The quantitative estimate of drug-likeness (QED) is 0.785. The minimum absolute atomic E-state index is 0.0577. The lowest BCUT2D eigenvalue weighted by Crippen LogP contribution is -2.88. The van der Waals surface area contributed by atoms with E-state index < -0.39 is 5.54 Å². The van der Waals surface area contributed by atoms with Crippen LogP contribution in [0.25, 0.3) is 0 Å². The SMILES string of the molecule is CC(C)[C@@H]([NH2+]CC(=O)N[C@@](C)(C#N)C(C)C)c1ccc(C(C)(C)C)cc1. The third-order valence-electron chi connectivity index (χ3n) is 5.22. The van der Waals surface area contributed by atoms with Crippen LogP contribution < -0.4 is 10.6 Å². The topological polar surface area (TPSA) is 69.5 Å². The molecule has 0 aliphatic rings. The first kappa shape index (κ1) is 22.2. The van der Waals surface area contributed by atoms with Crippen LogP contribution in [0.1, 0.15) is 72.6 Å². The average Bonchev–Trinajstić information content (AvgIpc) is 2.54. The molecule has 0 saturated carbocycles. The average molecular weight is 359 g/mol. The Morgan fingerprint density at radius 3 is 2.04 bits per heavy atom. The predicted molar refractivity (Wildman–Crippen MR) is 107 cm³/mol. The summed E-state index contributed by atoms with van der Waals surface area (Å²) in [6, 6.07) is 11.2. The molecule has 0 radical (unpaired) electrons. The first-order chi connectivity index (χ1) is 11.9. The van der Waals surface area contributed by atoms with E-state index in [-0.39, 0.29) is 23.3 Å². The molecule has 0 aliphatic heterocycles. The van der Waals surface area contributed by atoms with Crippen molar-refractivity contribution in [3.63, 3.8) is 0 Å². The number of nitrogens with zero attached hydrogens (tertiary/aromatic N) is 1. The molecule has 1 aromatic carbocycles. The van der Waals surface area contributed by atoms with Gasteiger partial charge < -0.3 is 10.6 Å². The zero-order valence-corrected chi connectivity index (χ0v) is 17.7. The van der Waals surface area contributed by atoms with Crippen molar-refractivity contribution < 1.29 is 10.1 Å². The van der Waals surface area contributed by atoms with Crippen molar-refractivity contribution in [3.8, 4) is 6.07 Å². The van der Waals surface area contributed by atoms with Crippen molar-refractivity contribution in [2.45, 2.75) is 72.4 Å². The maximum atomic E-state index is 12.4. The van der Waals surface area contributed by atoms with E-state index in [0.29, 0.717) is 12.5 Å². The second-order valence-corrected chi connectivity index (χ2v) is 9.10. The van der Waals surface area contributed by atoms with Gasteiger partial charge in [-0.2, -0.15) is 5.26 Å². The van der Waals surface area contributed by atoms with Gasteiger partial charge in [0.1, 0.15) is 11.6 Å². The second kappa shape index (κ2) is 8.68. The Hall–Kier alpha value is -1.86. The smallest absolute Gasteiger partial charge is 0.276 e. The minimum Gasteiger partial charge on any atom is -0.333 e. The Bertz CT molecular complexity index is 635. The van der Waals surface area contributed by atoms with Crippen LogP contribution in [0.15, 0.2) is 24.3 Å². The Morgan fingerprint density at radius 1 is 1.12 bits per heavy atom. The monoisotopic (exact) mass is 358 g/mol. The van der Waals surface area contributed by atoms with Crippen molar-refractivity contribution in [2.24, 2.45) is 11.8 Å². The minimum atomic E-state index is -0.827. The summed E-state index contributed by atoms with van der Waals surface area (Å²) in [5.74, 6) is 0.359. The molecule has 0 aromatic heterocycles. The van der Waals surface area contributed by atoms with E-state index in [1.165, 1.54) is 11.1 Å².